The van der Waals surface area contributed by atoms with Crippen LogP contribution in [0.3, 0.4) is 0 Å². The predicted molar refractivity (Wildman–Crippen MR) is 107 cm³/mol. The van der Waals surface area contributed by atoms with E-state index in [1.54, 1.807) is 6.33 Å². The molecule has 5 rings (SSSR count). The summed E-state index contributed by atoms with van der Waals surface area (Å²) < 4.78 is 23.8. The van der Waals surface area contributed by atoms with Crippen LogP contribution >= 0.6 is 0 Å². The van der Waals surface area contributed by atoms with E-state index in [0.29, 0.717) is 6.42 Å². The summed E-state index contributed by atoms with van der Waals surface area (Å²) in [6.07, 6.45) is 3.86. The average molecular weight is 396 g/mol. The van der Waals surface area contributed by atoms with Crippen LogP contribution in [0.15, 0.2) is 36.8 Å². The topological polar surface area (TPSA) is 92.2 Å². The van der Waals surface area contributed by atoms with Gasteiger partial charge < -0.3 is 9.80 Å². The van der Waals surface area contributed by atoms with Crippen molar-refractivity contribution in [3.8, 4) is 0 Å². The zero-order valence-electron chi connectivity index (χ0n) is 15.3. The highest BCUT2D eigenvalue weighted by atomic mass is 32.2. The molecule has 0 unspecified atom stereocenters. The Morgan fingerprint density at radius 2 is 1.79 bits per heavy atom. The first-order valence-electron chi connectivity index (χ1n) is 9.33. The maximum absolute atomic E-state index is 11.9. The van der Waals surface area contributed by atoms with Crippen molar-refractivity contribution in [2.24, 2.45) is 0 Å². The smallest absolute Gasteiger partial charge is 0.154 e. The van der Waals surface area contributed by atoms with Crippen LogP contribution in [0.1, 0.15) is 11.3 Å². The molecule has 4 heterocycles. The number of piperazine rings is 1. The molecule has 144 valence electrons. The van der Waals surface area contributed by atoms with Gasteiger partial charge in [0.25, 0.3) is 0 Å². The Labute approximate surface area is 163 Å². The van der Waals surface area contributed by atoms with Crippen molar-refractivity contribution >= 4 is 32.2 Å². The number of rotatable bonds is 2. The molecule has 0 atom stereocenters. The minimum absolute atomic E-state index is 0.0734. The Bertz CT molecular complexity index is 1140. The fourth-order valence-corrected chi connectivity index (χ4v) is 5.23. The number of hydrogen-bond donors (Lipinski definition) is 0. The molecule has 0 N–H and O–H groups in total. The van der Waals surface area contributed by atoms with Gasteiger partial charge in [0.15, 0.2) is 15.7 Å². The van der Waals surface area contributed by atoms with Gasteiger partial charge in [0.1, 0.15) is 6.33 Å². The zero-order chi connectivity index (χ0) is 19.1. The van der Waals surface area contributed by atoms with Gasteiger partial charge >= 0.3 is 0 Å². The molecule has 1 fully saturated rings. The molecule has 2 aliphatic rings. The van der Waals surface area contributed by atoms with Crippen molar-refractivity contribution in [1.82, 2.24) is 20.2 Å². The summed E-state index contributed by atoms with van der Waals surface area (Å²) in [7, 11) is -3.01. The molecule has 2 aliphatic heterocycles. The molecule has 1 saturated heterocycles. The lowest BCUT2D eigenvalue weighted by Crippen LogP contribution is -2.47. The average Bonchev–Trinajstić information content (AvgIpc) is 2.72. The van der Waals surface area contributed by atoms with Crippen LogP contribution in [0.25, 0.3) is 10.9 Å². The highest BCUT2D eigenvalue weighted by Gasteiger charge is 2.25. The summed E-state index contributed by atoms with van der Waals surface area (Å²) in [5, 5.41) is 9.67. The van der Waals surface area contributed by atoms with Crippen LogP contribution < -0.4 is 9.80 Å². The lowest BCUT2D eigenvalue weighted by Gasteiger charge is -2.36. The summed E-state index contributed by atoms with van der Waals surface area (Å²) in [5.41, 5.74) is 3.71. The molecule has 1 aromatic carbocycles. The minimum Gasteiger partial charge on any atom is -0.368 e. The SMILES string of the molecule is O=S1(=O)CCc2nnc(N3CCN(c4ccc5ncncc5c4)CC3)cc2C1. The standard InChI is InChI=1S/C19H20N6O2S/c26-28(27)8-3-18-15(12-28)10-19(23-22-18)25-6-4-24(5-7-25)16-1-2-17-14(9-16)11-20-13-21-17/h1-2,9-11,13H,3-8,12H2. The van der Waals surface area contributed by atoms with Gasteiger partial charge in [0, 0.05) is 49.9 Å². The van der Waals surface area contributed by atoms with Gasteiger partial charge in [0.2, 0.25) is 0 Å². The minimum atomic E-state index is -3.01. The Morgan fingerprint density at radius 1 is 0.964 bits per heavy atom. The van der Waals surface area contributed by atoms with E-state index in [1.807, 2.05) is 18.3 Å². The number of hydrogen-bond acceptors (Lipinski definition) is 8. The molecule has 0 saturated carbocycles. The summed E-state index contributed by atoms with van der Waals surface area (Å²) in [4.78, 5) is 12.9. The van der Waals surface area contributed by atoms with Crippen LogP contribution in [0.2, 0.25) is 0 Å². The number of benzene rings is 1. The zero-order valence-corrected chi connectivity index (χ0v) is 16.1. The van der Waals surface area contributed by atoms with E-state index in [0.717, 1.165) is 59.8 Å². The largest absolute Gasteiger partial charge is 0.368 e. The lowest BCUT2D eigenvalue weighted by atomic mass is 10.1. The quantitative estimate of drug-likeness (QED) is 0.638. The molecule has 2 aromatic heterocycles. The number of anilines is 2. The maximum atomic E-state index is 11.9. The Balaban J connectivity index is 1.32. The molecule has 0 spiro atoms. The molecule has 0 aliphatic carbocycles. The second-order valence-corrected chi connectivity index (χ2v) is 9.44. The first kappa shape index (κ1) is 17.3. The van der Waals surface area contributed by atoms with Crippen LogP contribution in [0.5, 0.6) is 0 Å². The van der Waals surface area contributed by atoms with E-state index in [2.05, 4.69) is 42.1 Å². The molecule has 9 heteroatoms. The van der Waals surface area contributed by atoms with Crippen molar-refractivity contribution < 1.29 is 8.42 Å². The van der Waals surface area contributed by atoms with Crippen molar-refractivity contribution in [2.75, 3.05) is 41.7 Å². The number of nitrogens with zero attached hydrogens (tertiary/aromatic N) is 6. The normalized spacial score (nSPS) is 18.9. The first-order valence-corrected chi connectivity index (χ1v) is 11.2. The van der Waals surface area contributed by atoms with E-state index < -0.39 is 9.84 Å². The van der Waals surface area contributed by atoms with E-state index in [-0.39, 0.29) is 11.5 Å². The Hall–Kier alpha value is -2.81. The summed E-state index contributed by atoms with van der Waals surface area (Å²) in [5.74, 6) is 1.01. The summed E-state index contributed by atoms with van der Waals surface area (Å²) in [6, 6.07) is 8.14. The third-order valence-electron chi connectivity index (χ3n) is 5.43. The Kier molecular flexibility index (Phi) is 4.12. The number of aryl methyl sites for hydroxylation is 1. The second kappa shape index (κ2) is 6.66. The van der Waals surface area contributed by atoms with Crippen molar-refractivity contribution in [1.29, 1.82) is 0 Å². The second-order valence-electron chi connectivity index (χ2n) is 7.26. The molecule has 8 nitrogen and oxygen atoms in total. The lowest BCUT2D eigenvalue weighted by molar-refractivity contribution is 0.589. The van der Waals surface area contributed by atoms with Gasteiger partial charge in [-0.1, -0.05) is 0 Å². The van der Waals surface area contributed by atoms with Crippen molar-refractivity contribution in [2.45, 2.75) is 12.2 Å². The third kappa shape index (κ3) is 3.26. The van der Waals surface area contributed by atoms with E-state index >= 15 is 0 Å². The molecular formula is C19H20N6O2S. The van der Waals surface area contributed by atoms with Gasteiger partial charge in [-0.3, -0.25) is 0 Å². The Morgan fingerprint density at radius 3 is 2.64 bits per heavy atom. The molecule has 0 bridgehead atoms. The third-order valence-corrected chi connectivity index (χ3v) is 7.01. The molecular weight excluding hydrogens is 376 g/mol. The van der Waals surface area contributed by atoms with Crippen molar-refractivity contribution in [3.05, 3.63) is 48.0 Å². The molecule has 28 heavy (non-hydrogen) atoms. The first-order chi connectivity index (χ1) is 13.6. The number of sulfone groups is 1. The maximum Gasteiger partial charge on any atom is 0.154 e. The summed E-state index contributed by atoms with van der Waals surface area (Å²) in [6.45, 7) is 3.33. The van der Waals surface area contributed by atoms with Crippen LogP contribution in [-0.4, -0.2) is 60.5 Å². The van der Waals surface area contributed by atoms with Crippen LogP contribution in [-0.2, 0) is 22.0 Å². The highest BCUT2D eigenvalue weighted by Crippen LogP contribution is 2.25. The fraction of sp³-hybridized carbons (Fsp3) is 0.368. The number of aromatic nitrogens is 4. The molecule has 3 aromatic rings. The van der Waals surface area contributed by atoms with Crippen molar-refractivity contribution in [3.63, 3.8) is 0 Å². The van der Waals surface area contributed by atoms with E-state index in [1.165, 1.54) is 0 Å². The highest BCUT2D eigenvalue weighted by molar-refractivity contribution is 7.90. The van der Waals surface area contributed by atoms with E-state index in [9.17, 15) is 8.42 Å². The van der Waals surface area contributed by atoms with E-state index in [4.69, 9.17) is 0 Å². The van der Waals surface area contributed by atoms with Crippen LogP contribution in [0.4, 0.5) is 11.5 Å². The molecule has 0 amide bonds. The molecule has 0 radical (unpaired) electrons. The predicted octanol–water partition coefficient (Wildman–Crippen LogP) is 1.22. The summed E-state index contributed by atoms with van der Waals surface area (Å²) >= 11 is 0. The van der Waals surface area contributed by atoms with Crippen LogP contribution in [0, 0.1) is 0 Å². The van der Waals surface area contributed by atoms with Gasteiger partial charge in [0.05, 0.1) is 22.7 Å². The number of fused-ring (bicyclic) bond motifs is 2. The monoisotopic (exact) mass is 396 g/mol. The van der Waals surface area contributed by atoms with Gasteiger partial charge in [-0.25, -0.2) is 18.4 Å². The van der Waals surface area contributed by atoms with Gasteiger partial charge in [-0.05, 0) is 29.8 Å². The van der Waals surface area contributed by atoms with Gasteiger partial charge in [-0.15, -0.1) is 5.10 Å². The fourth-order valence-electron chi connectivity index (χ4n) is 3.86. The van der Waals surface area contributed by atoms with Gasteiger partial charge in [-0.2, -0.15) is 5.10 Å².